The summed E-state index contributed by atoms with van der Waals surface area (Å²) in [5, 5.41) is 2.40. The molecule has 0 bridgehead atoms. The lowest BCUT2D eigenvalue weighted by Crippen LogP contribution is -2.20. The van der Waals surface area contributed by atoms with E-state index in [1.165, 1.54) is 31.4 Å². The van der Waals surface area contributed by atoms with Gasteiger partial charge in [-0.1, -0.05) is 44.7 Å². The summed E-state index contributed by atoms with van der Waals surface area (Å²) in [4.78, 5) is 12.0. The van der Waals surface area contributed by atoms with E-state index in [2.05, 4.69) is 12.2 Å². The minimum absolute atomic E-state index is 0.0635. The molecular formula is C22H26F3NO3. The van der Waals surface area contributed by atoms with Gasteiger partial charge in [0, 0.05) is 11.8 Å². The first-order valence-corrected chi connectivity index (χ1v) is 9.71. The number of hydrogen-bond acceptors (Lipinski definition) is 3. The van der Waals surface area contributed by atoms with E-state index < -0.39 is 17.6 Å². The molecule has 0 atom stereocenters. The Morgan fingerprint density at radius 2 is 1.62 bits per heavy atom. The van der Waals surface area contributed by atoms with Crippen molar-refractivity contribution in [2.75, 3.05) is 18.5 Å². The molecule has 0 saturated carbocycles. The molecule has 1 amide bonds. The van der Waals surface area contributed by atoms with E-state index in [1.54, 1.807) is 18.2 Å². The molecule has 2 rings (SSSR count). The van der Waals surface area contributed by atoms with Gasteiger partial charge in [0.2, 0.25) is 0 Å². The number of anilines is 1. The number of carbonyl (C=O) groups is 1. The normalized spacial score (nSPS) is 11.2. The molecule has 29 heavy (non-hydrogen) atoms. The van der Waals surface area contributed by atoms with Crippen LogP contribution in [0.25, 0.3) is 0 Å². The lowest BCUT2D eigenvalue weighted by atomic mass is 10.2. The molecule has 158 valence electrons. The summed E-state index contributed by atoms with van der Waals surface area (Å²) in [6, 6.07) is 11.4. The van der Waals surface area contributed by atoms with Gasteiger partial charge in [0.05, 0.1) is 12.2 Å². The van der Waals surface area contributed by atoms with Crippen LogP contribution in [0.3, 0.4) is 0 Å². The van der Waals surface area contributed by atoms with Crippen LogP contribution in [-0.4, -0.2) is 19.1 Å². The van der Waals surface area contributed by atoms with Crippen LogP contribution in [0.1, 0.15) is 44.6 Å². The Morgan fingerprint density at radius 1 is 0.931 bits per heavy atom. The molecule has 0 heterocycles. The highest BCUT2D eigenvalue weighted by Crippen LogP contribution is 2.30. The van der Waals surface area contributed by atoms with Gasteiger partial charge in [0.25, 0.3) is 5.91 Å². The first kappa shape index (κ1) is 22.6. The molecule has 0 aromatic heterocycles. The largest absolute Gasteiger partial charge is 0.493 e. The van der Waals surface area contributed by atoms with Crippen molar-refractivity contribution in [3.05, 3.63) is 54.1 Å². The smallest absolute Gasteiger partial charge is 0.416 e. The van der Waals surface area contributed by atoms with Crippen LogP contribution in [0.5, 0.6) is 11.5 Å². The average molecular weight is 409 g/mol. The molecule has 0 radical (unpaired) electrons. The van der Waals surface area contributed by atoms with Crippen molar-refractivity contribution in [1.82, 2.24) is 0 Å². The summed E-state index contributed by atoms with van der Waals surface area (Å²) in [5.41, 5.74) is -0.760. The zero-order valence-electron chi connectivity index (χ0n) is 16.4. The Bertz CT molecular complexity index is 778. The number of alkyl halides is 3. The number of halogens is 3. The Kier molecular flexibility index (Phi) is 8.83. The highest BCUT2D eigenvalue weighted by atomic mass is 19.4. The van der Waals surface area contributed by atoms with Gasteiger partial charge in [0.1, 0.15) is 11.5 Å². The molecule has 1 N–H and O–H groups in total. The molecule has 0 fully saturated rings. The summed E-state index contributed by atoms with van der Waals surface area (Å²) in [7, 11) is 0. The van der Waals surface area contributed by atoms with Crippen molar-refractivity contribution in [2.24, 2.45) is 0 Å². The molecule has 4 nitrogen and oxygen atoms in total. The SMILES string of the molecule is CCCCCCCOc1cccc(OCC(=O)Nc2cccc(C(F)(F)F)c2)c1. The Labute approximate surface area is 169 Å². The number of hydrogen-bond donors (Lipinski definition) is 1. The molecule has 0 unspecified atom stereocenters. The van der Waals surface area contributed by atoms with Gasteiger partial charge in [-0.25, -0.2) is 0 Å². The molecule has 2 aromatic carbocycles. The third-order valence-corrected chi connectivity index (χ3v) is 4.17. The molecule has 0 aliphatic carbocycles. The second-order valence-electron chi connectivity index (χ2n) is 6.65. The third-order valence-electron chi connectivity index (χ3n) is 4.17. The van der Waals surface area contributed by atoms with E-state index in [1.807, 2.05) is 6.07 Å². The number of rotatable bonds is 11. The summed E-state index contributed by atoms with van der Waals surface area (Å²) in [6.45, 7) is 2.46. The lowest BCUT2D eigenvalue weighted by molar-refractivity contribution is -0.137. The van der Waals surface area contributed by atoms with Gasteiger partial charge >= 0.3 is 6.18 Å². The van der Waals surface area contributed by atoms with Crippen molar-refractivity contribution in [3.63, 3.8) is 0 Å². The van der Waals surface area contributed by atoms with Crippen LogP contribution < -0.4 is 14.8 Å². The van der Waals surface area contributed by atoms with Gasteiger partial charge in [-0.3, -0.25) is 4.79 Å². The van der Waals surface area contributed by atoms with E-state index in [9.17, 15) is 18.0 Å². The fourth-order valence-electron chi connectivity index (χ4n) is 2.67. The zero-order valence-corrected chi connectivity index (χ0v) is 16.4. The number of benzene rings is 2. The number of amides is 1. The molecular weight excluding hydrogens is 383 g/mol. The monoisotopic (exact) mass is 409 g/mol. The number of carbonyl (C=O) groups excluding carboxylic acids is 1. The summed E-state index contributed by atoms with van der Waals surface area (Å²) >= 11 is 0. The summed E-state index contributed by atoms with van der Waals surface area (Å²) < 4.78 is 49.3. The van der Waals surface area contributed by atoms with Crippen LogP contribution in [0.15, 0.2) is 48.5 Å². The average Bonchev–Trinajstić information content (AvgIpc) is 2.69. The highest BCUT2D eigenvalue weighted by molar-refractivity contribution is 5.91. The Hall–Kier alpha value is -2.70. The maximum Gasteiger partial charge on any atom is 0.416 e. The second kappa shape index (κ2) is 11.3. The van der Waals surface area contributed by atoms with E-state index in [4.69, 9.17) is 9.47 Å². The van der Waals surface area contributed by atoms with Crippen LogP contribution in [0.2, 0.25) is 0 Å². The van der Waals surface area contributed by atoms with Crippen LogP contribution in [0, 0.1) is 0 Å². The molecule has 0 saturated heterocycles. The second-order valence-corrected chi connectivity index (χ2v) is 6.65. The zero-order chi connectivity index (χ0) is 21.1. The number of unbranched alkanes of at least 4 members (excludes halogenated alkanes) is 4. The minimum Gasteiger partial charge on any atom is -0.493 e. The number of ether oxygens (including phenoxy) is 2. The maximum atomic E-state index is 12.7. The fourth-order valence-corrected chi connectivity index (χ4v) is 2.67. The van der Waals surface area contributed by atoms with Crippen LogP contribution in [0.4, 0.5) is 18.9 Å². The predicted octanol–water partition coefficient (Wildman–Crippen LogP) is 6.07. The minimum atomic E-state index is -4.46. The van der Waals surface area contributed by atoms with Crippen molar-refractivity contribution >= 4 is 11.6 Å². The van der Waals surface area contributed by atoms with Crippen LogP contribution in [-0.2, 0) is 11.0 Å². The Morgan fingerprint density at radius 3 is 2.34 bits per heavy atom. The first-order valence-electron chi connectivity index (χ1n) is 9.71. The Balaban J connectivity index is 1.78. The third kappa shape index (κ3) is 8.46. The van der Waals surface area contributed by atoms with Gasteiger partial charge < -0.3 is 14.8 Å². The van der Waals surface area contributed by atoms with E-state index in [0.29, 0.717) is 18.1 Å². The quantitative estimate of drug-likeness (QED) is 0.458. The predicted molar refractivity (Wildman–Crippen MR) is 106 cm³/mol. The van der Waals surface area contributed by atoms with Gasteiger partial charge in [0.15, 0.2) is 6.61 Å². The van der Waals surface area contributed by atoms with Crippen LogP contribution >= 0.6 is 0 Å². The van der Waals surface area contributed by atoms with Gasteiger partial charge in [-0.05, 0) is 36.8 Å². The van der Waals surface area contributed by atoms with Gasteiger partial charge in [-0.2, -0.15) is 13.2 Å². The van der Waals surface area contributed by atoms with E-state index in [0.717, 1.165) is 25.0 Å². The molecule has 0 spiro atoms. The van der Waals surface area contributed by atoms with E-state index >= 15 is 0 Å². The molecule has 0 aliphatic heterocycles. The highest BCUT2D eigenvalue weighted by Gasteiger charge is 2.30. The maximum absolute atomic E-state index is 12.7. The molecule has 2 aromatic rings. The fraction of sp³-hybridized carbons (Fsp3) is 0.409. The van der Waals surface area contributed by atoms with Crippen molar-refractivity contribution < 1.29 is 27.4 Å². The number of nitrogens with one attached hydrogen (secondary N) is 1. The summed E-state index contributed by atoms with van der Waals surface area (Å²) in [5.74, 6) is 0.551. The topological polar surface area (TPSA) is 47.6 Å². The van der Waals surface area contributed by atoms with Gasteiger partial charge in [-0.15, -0.1) is 0 Å². The van der Waals surface area contributed by atoms with Crippen molar-refractivity contribution in [3.8, 4) is 11.5 Å². The van der Waals surface area contributed by atoms with Crippen molar-refractivity contribution in [2.45, 2.75) is 45.2 Å². The first-order chi connectivity index (χ1) is 13.9. The summed E-state index contributed by atoms with van der Waals surface area (Å²) in [6.07, 6.45) is 1.26. The molecule has 7 heteroatoms. The molecule has 0 aliphatic rings. The lowest BCUT2D eigenvalue weighted by Gasteiger charge is -2.11. The van der Waals surface area contributed by atoms with Crippen molar-refractivity contribution in [1.29, 1.82) is 0 Å². The van der Waals surface area contributed by atoms with E-state index in [-0.39, 0.29) is 12.3 Å². The standard InChI is InChI=1S/C22H26F3NO3/c1-2-3-4-5-6-13-28-19-11-8-12-20(15-19)29-16-21(27)26-18-10-7-9-17(14-18)22(23,24)25/h7-12,14-15H,2-6,13,16H2,1H3,(H,26,27).